The van der Waals surface area contributed by atoms with Crippen molar-refractivity contribution >= 4 is 29.3 Å². The zero-order valence-electron chi connectivity index (χ0n) is 20.4. The van der Waals surface area contributed by atoms with Crippen LogP contribution in [0.25, 0.3) is 0 Å². The van der Waals surface area contributed by atoms with Crippen LogP contribution in [0.4, 0.5) is 0 Å². The molecular weight excluding hydrogens is 452 g/mol. The largest absolute Gasteiger partial charge is 0.465 e. The van der Waals surface area contributed by atoms with Crippen LogP contribution >= 0.6 is 11.6 Å². The number of hydrogen-bond acceptors (Lipinski definition) is 5. The number of ketones is 1. The molecule has 3 aliphatic carbocycles. The molecule has 1 heterocycles. The Balaban J connectivity index is 1.54. The van der Waals surface area contributed by atoms with Gasteiger partial charge in [0.2, 0.25) is 0 Å². The molecule has 182 valence electrons. The Morgan fingerprint density at radius 3 is 2.38 bits per heavy atom. The molecule has 0 bridgehead atoms. The number of halogens is 1. The Hall–Kier alpha value is -2.14. The molecule has 1 spiro atoms. The van der Waals surface area contributed by atoms with Crippen LogP contribution < -0.4 is 4.74 Å². The zero-order chi connectivity index (χ0) is 24.5. The van der Waals surface area contributed by atoms with Crippen molar-refractivity contribution in [2.75, 3.05) is 6.61 Å². The van der Waals surface area contributed by atoms with Gasteiger partial charge in [-0.15, -0.1) is 0 Å². The average molecular weight is 485 g/mol. The Morgan fingerprint density at radius 1 is 1.03 bits per heavy atom. The van der Waals surface area contributed by atoms with Gasteiger partial charge in [0.1, 0.15) is 5.75 Å². The molecule has 3 fully saturated rings. The van der Waals surface area contributed by atoms with Gasteiger partial charge in [0.15, 0.2) is 5.78 Å². The summed E-state index contributed by atoms with van der Waals surface area (Å²) in [5.41, 5.74) is -1.70. The first kappa shape index (κ1) is 23.6. The van der Waals surface area contributed by atoms with E-state index in [0.29, 0.717) is 17.2 Å². The highest BCUT2D eigenvalue weighted by Gasteiger charge is 2.71. The molecule has 1 saturated heterocycles. The number of ether oxygens (including phenoxy) is 2. The Kier molecular flexibility index (Phi) is 5.33. The van der Waals surface area contributed by atoms with E-state index in [9.17, 15) is 14.4 Å². The van der Waals surface area contributed by atoms with Gasteiger partial charge >= 0.3 is 11.9 Å². The van der Waals surface area contributed by atoms with Gasteiger partial charge in [-0.05, 0) is 78.7 Å². The third-order valence-corrected chi connectivity index (χ3v) is 10.3. The van der Waals surface area contributed by atoms with Crippen LogP contribution in [0.5, 0.6) is 5.75 Å². The molecule has 34 heavy (non-hydrogen) atoms. The molecule has 2 saturated carbocycles. The van der Waals surface area contributed by atoms with E-state index in [0.717, 1.165) is 19.3 Å². The topological polar surface area (TPSA) is 69.7 Å². The predicted octanol–water partition coefficient (Wildman–Crippen LogP) is 5.79. The van der Waals surface area contributed by atoms with Crippen molar-refractivity contribution in [2.24, 2.45) is 39.4 Å². The van der Waals surface area contributed by atoms with Crippen LogP contribution in [0.15, 0.2) is 36.4 Å². The third kappa shape index (κ3) is 3.15. The number of carbonyl (C=O) groups is 3. The van der Waals surface area contributed by atoms with Gasteiger partial charge in [-0.25, -0.2) is 0 Å². The number of cyclic esters (lactones) is 1. The fraction of sp³-hybridized carbons (Fsp3) is 0.607. The van der Waals surface area contributed by atoms with E-state index < -0.39 is 22.2 Å². The first-order chi connectivity index (χ1) is 15.9. The van der Waals surface area contributed by atoms with Gasteiger partial charge in [0.25, 0.3) is 0 Å². The standard InChI is InChI=1S/C28H33ClO5/c1-25(2)13-12-22(30)27(4)20(25)11-14-26(3)21(27)10-9-19(28(26)15-23(31)33-16-28)24(32)34-18-7-5-17(29)6-8-18/h5-8,12-13,19-21H,9-11,14-16H2,1-4H3/t19-,20?,21+,26-,27+,28+/m1/s1. The van der Waals surface area contributed by atoms with Crippen molar-refractivity contribution in [3.63, 3.8) is 0 Å². The molecule has 1 aliphatic heterocycles. The van der Waals surface area contributed by atoms with Crippen LogP contribution in [-0.2, 0) is 19.1 Å². The molecular formula is C28H33ClO5. The number of carbonyl (C=O) groups excluding carboxylic acids is 3. The second kappa shape index (κ2) is 7.68. The van der Waals surface area contributed by atoms with E-state index in [4.69, 9.17) is 21.1 Å². The lowest BCUT2D eigenvalue weighted by molar-refractivity contribution is -0.202. The van der Waals surface area contributed by atoms with Crippen LogP contribution in [0.1, 0.15) is 59.8 Å². The minimum absolute atomic E-state index is 0.0598. The maximum absolute atomic E-state index is 13.6. The molecule has 0 amide bonds. The SMILES string of the molecule is CC1(C)C=CC(=O)[C@@]2(C)C1CC[C@]1(C)[C@@H]2CC[C@H](C(=O)Oc2ccc(Cl)cc2)[C@]12COC(=O)C2. The van der Waals surface area contributed by atoms with E-state index in [1.807, 2.05) is 0 Å². The second-order valence-corrected chi connectivity index (χ2v) is 12.3. The molecule has 4 aliphatic rings. The Bertz CT molecular complexity index is 1070. The van der Waals surface area contributed by atoms with Crippen LogP contribution in [0.2, 0.25) is 5.02 Å². The van der Waals surface area contributed by atoms with Gasteiger partial charge in [-0.2, -0.15) is 0 Å². The lowest BCUT2D eigenvalue weighted by atomic mass is 9.35. The van der Waals surface area contributed by atoms with Crippen LogP contribution in [0, 0.1) is 39.4 Å². The molecule has 6 heteroatoms. The number of rotatable bonds is 2. The summed E-state index contributed by atoms with van der Waals surface area (Å²) in [6.07, 6.45) is 7.07. The first-order valence-corrected chi connectivity index (χ1v) is 12.7. The van der Waals surface area contributed by atoms with Crippen LogP contribution in [0.3, 0.4) is 0 Å². The highest BCUT2D eigenvalue weighted by molar-refractivity contribution is 6.30. The Labute approximate surface area is 206 Å². The third-order valence-electron chi connectivity index (χ3n) is 10.1. The van der Waals surface area contributed by atoms with E-state index >= 15 is 0 Å². The van der Waals surface area contributed by atoms with Crippen molar-refractivity contribution in [1.82, 2.24) is 0 Å². The summed E-state index contributed by atoms with van der Waals surface area (Å²) in [5.74, 6) is -0.176. The van der Waals surface area contributed by atoms with Crippen molar-refractivity contribution in [1.29, 1.82) is 0 Å². The number of benzene rings is 1. The van der Waals surface area contributed by atoms with Crippen molar-refractivity contribution in [2.45, 2.75) is 59.8 Å². The van der Waals surface area contributed by atoms with Gasteiger partial charge < -0.3 is 9.47 Å². The summed E-state index contributed by atoms with van der Waals surface area (Å²) in [6.45, 7) is 8.96. The quantitative estimate of drug-likeness (QED) is 0.392. The van der Waals surface area contributed by atoms with Gasteiger partial charge in [0, 0.05) is 15.9 Å². The first-order valence-electron chi connectivity index (χ1n) is 12.3. The summed E-state index contributed by atoms with van der Waals surface area (Å²) in [6, 6.07) is 6.73. The average Bonchev–Trinajstić information content (AvgIpc) is 3.17. The molecule has 0 N–H and O–H groups in total. The fourth-order valence-electron chi connectivity index (χ4n) is 8.31. The summed E-state index contributed by atoms with van der Waals surface area (Å²) >= 11 is 5.98. The normalized spacial score (nSPS) is 40.4. The predicted molar refractivity (Wildman–Crippen MR) is 128 cm³/mol. The highest BCUT2D eigenvalue weighted by atomic mass is 35.5. The van der Waals surface area contributed by atoms with Gasteiger partial charge in [0.05, 0.1) is 18.9 Å². The maximum atomic E-state index is 13.6. The van der Waals surface area contributed by atoms with E-state index in [1.165, 1.54) is 0 Å². The maximum Gasteiger partial charge on any atom is 0.315 e. The smallest absolute Gasteiger partial charge is 0.315 e. The molecule has 5 nitrogen and oxygen atoms in total. The Morgan fingerprint density at radius 2 is 1.74 bits per heavy atom. The van der Waals surface area contributed by atoms with Crippen LogP contribution in [-0.4, -0.2) is 24.3 Å². The molecule has 0 aromatic heterocycles. The lowest BCUT2D eigenvalue weighted by Crippen LogP contribution is -2.66. The molecule has 1 unspecified atom stereocenters. The van der Waals surface area contributed by atoms with Crippen molar-refractivity contribution < 1.29 is 23.9 Å². The highest BCUT2D eigenvalue weighted by Crippen LogP contribution is 2.72. The summed E-state index contributed by atoms with van der Waals surface area (Å²) < 4.78 is 11.4. The van der Waals surface area contributed by atoms with Crippen molar-refractivity contribution in [3.05, 3.63) is 41.4 Å². The lowest BCUT2D eigenvalue weighted by Gasteiger charge is -2.66. The van der Waals surface area contributed by atoms with E-state index in [2.05, 4.69) is 33.8 Å². The monoisotopic (exact) mass is 484 g/mol. The van der Waals surface area contributed by atoms with Crippen molar-refractivity contribution in [3.8, 4) is 5.75 Å². The minimum Gasteiger partial charge on any atom is -0.465 e. The number of fused-ring (bicyclic) bond motifs is 4. The summed E-state index contributed by atoms with van der Waals surface area (Å²) in [4.78, 5) is 39.6. The molecule has 6 atom stereocenters. The second-order valence-electron chi connectivity index (χ2n) is 11.9. The zero-order valence-corrected chi connectivity index (χ0v) is 21.1. The molecule has 5 rings (SSSR count). The summed E-state index contributed by atoms with van der Waals surface area (Å²) in [5, 5.41) is 0.568. The van der Waals surface area contributed by atoms with E-state index in [-0.39, 0.29) is 48.0 Å². The number of allylic oxidation sites excluding steroid dienone is 2. The molecule has 0 radical (unpaired) electrons. The number of hydrogen-bond donors (Lipinski definition) is 0. The number of esters is 2. The van der Waals surface area contributed by atoms with Gasteiger partial charge in [-0.3, -0.25) is 14.4 Å². The molecule has 1 aromatic rings. The minimum atomic E-state index is -0.684. The van der Waals surface area contributed by atoms with Gasteiger partial charge in [-0.1, -0.05) is 45.4 Å². The fourth-order valence-corrected chi connectivity index (χ4v) is 8.44. The van der Waals surface area contributed by atoms with E-state index in [1.54, 1.807) is 30.3 Å². The molecule has 1 aromatic carbocycles. The summed E-state index contributed by atoms with van der Waals surface area (Å²) in [7, 11) is 0.